The van der Waals surface area contributed by atoms with E-state index in [-0.39, 0.29) is 17.1 Å². The summed E-state index contributed by atoms with van der Waals surface area (Å²) in [7, 11) is -4.67. The molecule has 0 atom stereocenters. The van der Waals surface area contributed by atoms with Crippen molar-refractivity contribution in [3.63, 3.8) is 0 Å². The molecule has 0 fully saturated rings. The quantitative estimate of drug-likeness (QED) is 0.409. The smallest absolute Gasteiger partial charge is 0 e. The summed E-state index contributed by atoms with van der Waals surface area (Å²) < 4.78 is 48.5. The van der Waals surface area contributed by atoms with Gasteiger partial charge in [0.15, 0.2) is 0 Å². The van der Waals surface area contributed by atoms with Crippen molar-refractivity contribution in [1.82, 2.24) is 0 Å². The maximum atomic E-state index is 8.74. The van der Waals surface area contributed by atoms with Crippen molar-refractivity contribution >= 4 is 25.2 Å². The molecule has 0 rings (SSSR count). The molecule has 0 unspecified atom stereocenters. The van der Waals surface area contributed by atoms with Crippen molar-refractivity contribution in [3.05, 3.63) is 0 Å². The first-order valence-electron chi connectivity index (χ1n) is 1.06. The van der Waals surface area contributed by atoms with Crippen LogP contribution in [-0.4, -0.2) is 32.3 Å². The van der Waals surface area contributed by atoms with E-state index >= 15 is 0 Å². The molecule has 9 heteroatoms. The second-order valence-electron chi connectivity index (χ2n) is 0.522. The molecule has 0 aromatic heterocycles. The molecular weight excluding hydrogens is 271 g/mol. The van der Waals surface area contributed by atoms with Crippen molar-refractivity contribution in [2.24, 2.45) is 0 Å². The van der Waals surface area contributed by atoms with Crippen molar-refractivity contribution < 1.29 is 42.3 Å². The molecule has 0 spiro atoms. The van der Waals surface area contributed by atoms with Crippen LogP contribution in [0.25, 0.3) is 0 Å². The van der Waals surface area contributed by atoms with E-state index in [9.17, 15) is 0 Å². The Labute approximate surface area is 67.6 Å². The Kier molecular flexibility index (Phi) is 15.4. The molecular formula is H3CuO6SSe. The maximum absolute atomic E-state index is 8.74. The average Bonchev–Trinajstić information content (AvgIpc) is 1.27. The van der Waals surface area contributed by atoms with Gasteiger partial charge in [0.25, 0.3) is 0 Å². The Balaban J connectivity index is -0.0000000800. The Morgan fingerprint density at radius 3 is 1.11 bits per heavy atom. The molecule has 2 N–H and O–H groups in total. The van der Waals surface area contributed by atoms with Crippen LogP contribution >= 0.6 is 0 Å². The van der Waals surface area contributed by atoms with Crippen LogP contribution in [0.4, 0.5) is 0 Å². The Morgan fingerprint density at radius 1 is 1.11 bits per heavy atom. The van der Waals surface area contributed by atoms with Crippen LogP contribution in [0, 0.1) is 0 Å². The van der Waals surface area contributed by atoms with Crippen molar-refractivity contribution in [1.29, 1.82) is 0 Å². The van der Waals surface area contributed by atoms with Gasteiger partial charge in [-0.1, -0.05) is 0 Å². The van der Waals surface area contributed by atoms with E-state index in [2.05, 4.69) is 0 Å². The molecule has 0 aliphatic heterocycles. The second kappa shape index (κ2) is 8.51. The van der Waals surface area contributed by atoms with E-state index in [1.165, 1.54) is 0 Å². The number of hydrogen-bond acceptors (Lipinski definition) is 4. The largest absolute Gasteiger partial charge is 0 e. The zero-order chi connectivity index (χ0) is 7.21. The van der Waals surface area contributed by atoms with E-state index < -0.39 is 25.2 Å². The first-order chi connectivity index (χ1) is 3.41. The summed E-state index contributed by atoms with van der Waals surface area (Å²) in [5.74, 6) is 0. The van der Waals surface area contributed by atoms with Crippen LogP contribution in [0.5, 0.6) is 0 Å². The first kappa shape index (κ1) is 16.3. The van der Waals surface area contributed by atoms with Gasteiger partial charge in [0.1, 0.15) is 0 Å². The van der Waals surface area contributed by atoms with E-state index in [0.717, 1.165) is 0 Å². The first-order valence-corrected chi connectivity index (χ1v) is 3.99. The average molecular weight is 274 g/mol. The summed E-state index contributed by atoms with van der Waals surface area (Å²) in [6.07, 6.45) is 0. The zero-order valence-corrected chi connectivity index (χ0v) is 7.32. The van der Waals surface area contributed by atoms with Crippen LogP contribution in [0.2, 0.25) is 0 Å². The monoisotopic (exact) mass is 274 g/mol. The molecule has 0 saturated heterocycles. The predicted octanol–water partition coefficient (Wildman–Crippen LogP) is -1.54. The van der Waals surface area contributed by atoms with Gasteiger partial charge in [-0.05, 0) is 0 Å². The molecule has 2 radical (unpaired) electrons. The number of hydrogen-bond donors (Lipinski definition) is 2. The molecule has 0 aromatic carbocycles. The molecule has 0 amide bonds. The minimum Gasteiger partial charge on any atom is 0 e. The minimum atomic E-state index is -4.67. The fourth-order valence-corrected chi connectivity index (χ4v) is 0. The van der Waals surface area contributed by atoms with Gasteiger partial charge in [0.05, 0.1) is 0 Å². The van der Waals surface area contributed by atoms with Crippen LogP contribution in [0.1, 0.15) is 0 Å². The normalized spacial score (nSPS) is 7.78. The number of rotatable bonds is 0. The van der Waals surface area contributed by atoms with Crippen molar-refractivity contribution in [2.75, 3.05) is 0 Å². The van der Waals surface area contributed by atoms with Gasteiger partial charge < -0.3 is 0 Å². The fraction of sp³-hybridized carbons (Fsp3) is 0. The predicted molar refractivity (Wildman–Crippen MR) is 22.7 cm³/mol. The van der Waals surface area contributed by atoms with Gasteiger partial charge in [0, 0.05) is 17.1 Å². The molecule has 9 heavy (non-hydrogen) atoms. The topological polar surface area (TPSA) is 109 Å². The molecule has 0 heterocycles. The Morgan fingerprint density at radius 2 is 1.11 bits per heavy atom. The summed E-state index contributed by atoms with van der Waals surface area (Å²) in [5.41, 5.74) is 0. The summed E-state index contributed by atoms with van der Waals surface area (Å²) in [6, 6.07) is 0. The van der Waals surface area contributed by atoms with Crippen molar-refractivity contribution in [2.45, 2.75) is 0 Å². The summed E-state index contributed by atoms with van der Waals surface area (Å²) in [5, 5.41) is 0. The van der Waals surface area contributed by atoms with E-state index in [4.69, 9.17) is 25.2 Å². The van der Waals surface area contributed by atoms with Gasteiger partial charge in [-0.15, -0.1) is 0 Å². The maximum Gasteiger partial charge on any atom is 0 e. The van der Waals surface area contributed by atoms with Crippen LogP contribution in [-0.2, 0) is 35.1 Å². The van der Waals surface area contributed by atoms with Crippen LogP contribution in [0.3, 0.4) is 0 Å². The summed E-state index contributed by atoms with van der Waals surface area (Å²) in [4.78, 5) is 0. The Bertz CT molecular complexity index is 153. The molecule has 0 aliphatic rings. The van der Waals surface area contributed by atoms with Crippen molar-refractivity contribution in [3.8, 4) is 0 Å². The second-order valence-corrected chi connectivity index (χ2v) is 1.73. The SMILES string of the molecule is O=S(=O)(O)O.O=[SeH]=O.[Cu]. The van der Waals surface area contributed by atoms with Crippen LogP contribution < -0.4 is 0 Å². The molecule has 6 nitrogen and oxygen atoms in total. The van der Waals surface area contributed by atoms with E-state index in [0.29, 0.717) is 0 Å². The Hall–Kier alpha value is 0.509. The third-order valence-corrected chi connectivity index (χ3v) is 0. The molecule has 0 aromatic rings. The fourth-order valence-electron chi connectivity index (χ4n) is 0. The summed E-state index contributed by atoms with van der Waals surface area (Å²) >= 11 is -1.81. The molecule has 62 valence electrons. The standard InChI is InChI=1S/Cu.H2O4S.HO2Se/c;1-5(2,3)4;1-3-2/h;(H2,1,2,3,4);3H. The van der Waals surface area contributed by atoms with Crippen LogP contribution in [0.15, 0.2) is 0 Å². The van der Waals surface area contributed by atoms with E-state index in [1.807, 2.05) is 0 Å². The molecule has 0 bridgehead atoms. The zero-order valence-electron chi connectivity index (χ0n) is 3.68. The van der Waals surface area contributed by atoms with Gasteiger partial charge in [-0.3, -0.25) is 9.11 Å². The third kappa shape index (κ3) is 1390. The van der Waals surface area contributed by atoms with Gasteiger partial charge in [0.2, 0.25) is 0 Å². The van der Waals surface area contributed by atoms with Gasteiger partial charge in [-0.25, -0.2) is 0 Å². The van der Waals surface area contributed by atoms with Gasteiger partial charge in [-0.2, -0.15) is 8.42 Å². The van der Waals surface area contributed by atoms with E-state index in [1.54, 1.807) is 0 Å². The third-order valence-electron chi connectivity index (χ3n) is 0. The minimum absolute atomic E-state index is 0. The molecule has 0 saturated carbocycles. The molecule has 0 aliphatic carbocycles. The summed E-state index contributed by atoms with van der Waals surface area (Å²) in [6.45, 7) is 0. The van der Waals surface area contributed by atoms with Gasteiger partial charge >= 0.3 is 32.9 Å².